The van der Waals surface area contributed by atoms with Gasteiger partial charge in [0, 0.05) is 18.5 Å². The number of hydrogen-bond donors (Lipinski definition) is 2. The lowest BCUT2D eigenvalue weighted by Crippen LogP contribution is -2.14. The zero-order valence-electron chi connectivity index (χ0n) is 8.50. The highest BCUT2D eigenvalue weighted by molar-refractivity contribution is 5.36. The summed E-state index contributed by atoms with van der Waals surface area (Å²) in [6.07, 6.45) is 1.93. The first-order valence-corrected chi connectivity index (χ1v) is 5.06. The summed E-state index contributed by atoms with van der Waals surface area (Å²) >= 11 is 0. The molecule has 2 atom stereocenters. The van der Waals surface area contributed by atoms with Crippen LogP contribution in [-0.2, 0) is 6.42 Å². The van der Waals surface area contributed by atoms with Crippen LogP contribution >= 0.6 is 0 Å². The van der Waals surface area contributed by atoms with E-state index in [9.17, 15) is 4.79 Å². The molecule has 2 unspecified atom stereocenters. The van der Waals surface area contributed by atoms with E-state index in [1.54, 1.807) is 0 Å². The van der Waals surface area contributed by atoms with E-state index in [0.29, 0.717) is 17.8 Å². The molecule has 1 saturated carbocycles. The molecule has 0 bridgehead atoms. The van der Waals surface area contributed by atoms with Crippen LogP contribution in [0.1, 0.15) is 26.1 Å². The normalized spacial score (nSPS) is 24.7. The number of aromatic amines is 1. The Bertz CT molecular complexity index is 385. The van der Waals surface area contributed by atoms with E-state index in [4.69, 9.17) is 0 Å². The highest BCUT2D eigenvalue weighted by Crippen LogP contribution is 2.31. The van der Waals surface area contributed by atoms with Gasteiger partial charge in [0.1, 0.15) is 11.6 Å². The van der Waals surface area contributed by atoms with Gasteiger partial charge in [0.05, 0.1) is 0 Å². The van der Waals surface area contributed by atoms with Crippen LogP contribution < -0.4 is 10.9 Å². The molecule has 1 heterocycles. The van der Waals surface area contributed by atoms with Crippen molar-refractivity contribution in [3.8, 4) is 0 Å². The molecule has 1 fully saturated rings. The Morgan fingerprint density at radius 3 is 3.00 bits per heavy atom. The smallest absolute Gasteiger partial charge is 0.252 e. The van der Waals surface area contributed by atoms with Crippen LogP contribution in [0.15, 0.2) is 10.9 Å². The molecule has 2 N–H and O–H groups in total. The third kappa shape index (κ3) is 1.95. The van der Waals surface area contributed by atoms with E-state index in [0.717, 1.165) is 12.2 Å². The van der Waals surface area contributed by atoms with Crippen LogP contribution in [0.5, 0.6) is 0 Å². The number of aryl methyl sites for hydroxylation is 1. The van der Waals surface area contributed by atoms with Crippen molar-refractivity contribution in [2.24, 2.45) is 5.92 Å². The number of hydrogen-bond acceptors (Lipinski definition) is 3. The largest absolute Gasteiger partial charge is 0.367 e. The van der Waals surface area contributed by atoms with E-state index < -0.39 is 0 Å². The first-order chi connectivity index (χ1) is 6.69. The van der Waals surface area contributed by atoms with Crippen molar-refractivity contribution in [2.75, 3.05) is 5.32 Å². The lowest BCUT2D eigenvalue weighted by Gasteiger charge is -2.04. The minimum Gasteiger partial charge on any atom is -0.367 e. The number of nitrogens with zero attached hydrogens (tertiary/aromatic N) is 1. The van der Waals surface area contributed by atoms with Gasteiger partial charge in [-0.2, -0.15) is 0 Å². The molecule has 1 aliphatic carbocycles. The van der Waals surface area contributed by atoms with E-state index in [2.05, 4.69) is 22.2 Å². The predicted octanol–water partition coefficient (Wildman–Crippen LogP) is 1.15. The minimum absolute atomic E-state index is 0.0762. The van der Waals surface area contributed by atoms with Crippen LogP contribution in [0.25, 0.3) is 0 Å². The zero-order chi connectivity index (χ0) is 10.1. The van der Waals surface area contributed by atoms with E-state index >= 15 is 0 Å². The van der Waals surface area contributed by atoms with E-state index in [1.807, 2.05) is 6.92 Å². The molecule has 0 amide bonds. The van der Waals surface area contributed by atoms with Gasteiger partial charge < -0.3 is 10.3 Å². The fourth-order valence-corrected chi connectivity index (χ4v) is 1.46. The van der Waals surface area contributed by atoms with Crippen LogP contribution in [0, 0.1) is 5.92 Å². The van der Waals surface area contributed by atoms with Gasteiger partial charge in [-0.05, 0) is 12.3 Å². The third-order valence-corrected chi connectivity index (χ3v) is 2.57. The number of aromatic nitrogens is 2. The van der Waals surface area contributed by atoms with Crippen LogP contribution in [0.3, 0.4) is 0 Å². The molecule has 0 aromatic carbocycles. The Morgan fingerprint density at radius 2 is 2.43 bits per heavy atom. The van der Waals surface area contributed by atoms with Gasteiger partial charge in [-0.25, -0.2) is 4.98 Å². The zero-order valence-corrected chi connectivity index (χ0v) is 8.50. The highest BCUT2D eigenvalue weighted by atomic mass is 16.1. The van der Waals surface area contributed by atoms with Gasteiger partial charge in [-0.1, -0.05) is 13.8 Å². The van der Waals surface area contributed by atoms with Crippen molar-refractivity contribution in [1.82, 2.24) is 9.97 Å². The van der Waals surface area contributed by atoms with Crippen molar-refractivity contribution in [3.63, 3.8) is 0 Å². The highest BCUT2D eigenvalue weighted by Gasteiger charge is 2.32. The first-order valence-electron chi connectivity index (χ1n) is 5.06. The molecule has 0 aliphatic heterocycles. The molecule has 4 heteroatoms. The Balaban J connectivity index is 2.16. The summed E-state index contributed by atoms with van der Waals surface area (Å²) in [6, 6.07) is 2.03. The van der Waals surface area contributed by atoms with Crippen molar-refractivity contribution in [2.45, 2.75) is 32.7 Å². The summed E-state index contributed by atoms with van der Waals surface area (Å²) < 4.78 is 0. The fourth-order valence-electron chi connectivity index (χ4n) is 1.46. The molecule has 1 aliphatic rings. The van der Waals surface area contributed by atoms with Gasteiger partial charge in [-0.3, -0.25) is 4.79 Å². The van der Waals surface area contributed by atoms with Crippen molar-refractivity contribution in [1.29, 1.82) is 0 Å². The van der Waals surface area contributed by atoms with Gasteiger partial charge in [0.25, 0.3) is 5.56 Å². The number of anilines is 1. The molecular weight excluding hydrogens is 178 g/mol. The lowest BCUT2D eigenvalue weighted by molar-refractivity contribution is 0.891. The maximum absolute atomic E-state index is 11.2. The second-order valence-corrected chi connectivity index (χ2v) is 3.89. The van der Waals surface area contributed by atoms with Crippen LogP contribution in [-0.4, -0.2) is 16.0 Å². The first kappa shape index (κ1) is 9.24. The molecule has 76 valence electrons. The second-order valence-electron chi connectivity index (χ2n) is 3.89. The second kappa shape index (κ2) is 3.44. The maximum Gasteiger partial charge on any atom is 0.252 e. The Hall–Kier alpha value is -1.32. The molecule has 1 aromatic heterocycles. The molecule has 14 heavy (non-hydrogen) atoms. The summed E-state index contributed by atoms with van der Waals surface area (Å²) in [5, 5.41) is 3.25. The fraction of sp³-hybridized carbons (Fsp3) is 0.600. The van der Waals surface area contributed by atoms with Crippen LogP contribution in [0.4, 0.5) is 5.82 Å². The Labute approximate surface area is 82.8 Å². The standard InChI is InChI=1S/C10H15N3O/c1-3-8-12-9(5-10(14)13-8)11-7-4-6(7)2/h5-7H,3-4H2,1-2H3,(H2,11,12,13,14). The summed E-state index contributed by atoms with van der Waals surface area (Å²) in [5.41, 5.74) is -0.0762. The molecule has 0 spiro atoms. The minimum atomic E-state index is -0.0762. The number of nitrogens with one attached hydrogen (secondary N) is 2. The van der Waals surface area contributed by atoms with Crippen molar-refractivity contribution < 1.29 is 0 Å². The summed E-state index contributed by atoms with van der Waals surface area (Å²) in [6.45, 7) is 4.16. The predicted molar refractivity (Wildman–Crippen MR) is 55.4 cm³/mol. The molecule has 1 aromatic rings. The Kier molecular flexibility index (Phi) is 2.27. The molecule has 0 saturated heterocycles. The van der Waals surface area contributed by atoms with Gasteiger partial charge in [0.2, 0.25) is 0 Å². The third-order valence-electron chi connectivity index (χ3n) is 2.57. The topological polar surface area (TPSA) is 57.8 Å². The van der Waals surface area contributed by atoms with Crippen molar-refractivity contribution >= 4 is 5.82 Å². The molecule has 4 nitrogen and oxygen atoms in total. The molecular formula is C10H15N3O. The molecule has 2 rings (SSSR count). The van der Waals surface area contributed by atoms with Gasteiger partial charge in [0.15, 0.2) is 0 Å². The van der Waals surface area contributed by atoms with E-state index in [-0.39, 0.29) is 5.56 Å². The number of H-pyrrole nitrogens is 1. The quantitative estimate of drug-likeness (QED) is 0.757. The average molecular weight is 193 g/mol. The molecule has 0 radical (unpaired) electrons. The monoisotopic (exact) mass is 193 g/mol. The summed E-state index contributed by atoms with van der Waals surface area (Å²) in [5.74, 6) is 2.16. The Morgan fingerprint density at radius 1 is 1.71 bits per heavy atom. The van der Waals surface area contributed by atoms with Crippen molar-refractivity contribution in [3.05, 3.63) is 22.2 Å². The maximum atomic E-state index is 11.2. The average Bonchev–Trinajstić information content (AvgIpc) is 2.80. The summed E-state index contributed by atoms with van der Waals surface area (Å²) in [7, 11) is 0. The van der Waals surface area contributed by atoms with E-state index in [1.165, 1.54) is 12.5 Å². The lowest BCUT2D eigenvalue weighted by atomic mass is 10.4. The van der Waals surface area contributed by atoms with Crippen LogP contribution in [0.2, 0.25) is 0 Å². The number of rotatable bonds is 3. The SMILES string of the molecule is CCc1nc(NC2CC2C)cc(=O)[nH]1. The van der Waals surface area contributed by atoms with Gasteiger partial charge in [-0.15, -0.1) is 0 Å². The summed E-state index contributed by atoms with van der Waals surface area (Å²) in [4.78, 5) is 18.2. The van der Waals surface area contributed by atoms with Gasteiger partial charge >= 0.3 is 0 Å².